The van der Waals surface area contributed by atoms with E-state index in [-0.39, 0.29) is 18.5 Å². The highest BCUT2D eigenvalue weighted by Gasteiger charge is 2.16. The summed E-state index contributed by atoms with van der Waals surface area (Å²) in [5, 5.41) is 3.30. The summed E-state index contributed by atoms with van der Waals surface area (Å²) in [6.07, 6.45) is 0.754. The molecule has 1 N–H and O–H groups in total. The maximum Gasteiger partial charge on any atom is 0.239 e. The molecule has 0 fully saturated rings. The van der Waals surface area contributed by atoms with E-state index >= 15 is 0 Å². The monoisotopic (exact) mass is 282 g/mol. The van der Waals surface area contributed by atoms with Crippen molar-refractivity contribution < 1.29 is 9.59 Å². The highest BCUT2D eigenvalue weighted by molar-refractivity contribution is 6.34. The topological polar surface area (TPSA) is 49.4 Å². The molecule has 0 heterocycles. The number of para-hydroxylation sites is 1. The summed E-state index contributed by atoms with van der Waals surface area (Å²) >= 11 is 6.14. The highest BCUT2D eigenvalue weighted by Crippen LogP contribution is 2.28. The van der Waals surface area contributed by atoms with Crippen LogP contribution in [0.5, 0.6) is 0 Å². The van der Waals surface area contributed by atoms with Crippen molar-refractivity contribution in [2.24, 2.45) is 0 Å². The first-order valence-corrected chi connectivity index (χ1v) is 6.65. The number of rotatable bonds is 6. The summed E-state index contributed by atoms with van der Waals surface area (Å²) in [7, 11) is 0. The van der Waals surface area contributed by atoms with Crippen molar-refractivity contribution in [2.45, 2.75) is 26.8 Å². The number of amides is 1. The van der Waals surface area contributed by atoms with Crippen LogP contribution in [0.3, 0.4) is 0 Å². The quantitative estimate of drug-likeness (QED) is 0.816. The Morgan fingerprint density at radius 2 is 2.16 bits per heavy atom. The zero-order valence-electron chi connectivity index (χ0n) is 11.4. The van der Waals surface area contributed by atoms with Gasteiger partial charge in [-0.25, -0.2) is 0 Å². The molecule has 19 heavy (non-hydrogen) atoms. The van der Waals surface area contributed by atoms with Gasteiger partial charge in [-0.15, -0.1) is 0 Å². The van der Waals surface area contributed by atoms with Gasteiger partial charge in [-0.3, -0.25) is 9.59 Å². The number of anilines is 1. The Bertz CT molecular complexity index is 461. The molecule has 0 radical (unpaired) electrons. The van der Waals surface area contributed by atoms with Crippen LogP contribution in [0.4, 0.5) is 5.69 Å². The lowest BCUT2D eigenvalue weighted by atomic mass is 10.1. The van der Waals surface area contributed by atoms with Gasteiger partial charge >= 0.3 is 0 Å². The van der Waals surface area contributed by atoms with Crippen LogP contribution in [0.25, 0.3) is 0 Å². The maximum atomic E-state index is 11.8. The fourth-order valence-electron chi connectivity index (χ4n) is 1.85. The fourth-order valence-corrected chi connectivity index (χ4v) is 2.15. The van der Waals surface area contributed by atoms with E-state index in [0.29, 0.717) is 22.8 Å². The summed E-state index contributed by atoms with van der Waals surface area (Å²) in [4.78, 5) is 24.7. The van der Waals surface area contributed by atoms with Gasteiger partial charge in [0.2, 0.25) is 5.91 Å². The molecular weight excluding hydrogens is 264 g/mol. The molecule has 0 saturated heterocycles. The first-order chi connectivity index (χ1) is 8.99. The van der Waals surface area contributed by atoms with Crippen LogP contribution in [-0.2, 0) is 4.79 Å². The van der Waals surface area contributed by atoms with Crippen LogP contribution in [0.2, 0.25) is 5.02 Å². The molecule has 0 atom stereocenters. The van der Waals surface area contributed by atoms with E-state index in [1.54, 1.807) is 23.1 Å². The van der Waals surface area contributed by atoms with Gasteiger partial charge in [0.1, 0.15) is 0 Å². The van der Waals surface area contributed by atoms with Crippen molar-refractivity contribution in [1.82, 2.24) is 5.32 Å². The van der Waals surface area contributed by atoms with Crippen LogP contribution in [0, 0.1) is 0 Å². The van der Waals surface area contributed by atoms with E-state index in [9.17, 15) is 9.59 Å². The minimum atomic E-state index is -0.0892. The Balaban J connectivity index is 2.97. The van der Waals surface area contributed by atoms with Crippen molar-refractivity contribution in [3.8, 4) is 0 Å². The van der Waals surface area contributed by atoms with Gasteiger partial charge in [0.25, 0.3) is 0 Å². The molecule has 5 heteroatoms. The first kappa shape index (κ1) is 15.5. The third-order valence-electron chi connectivity index (χ3n) is 2.63. The number of carbonyl (C=O) groups is 2. The zero-order valence-corrected chi connectivity index (χ0v) is 12.2. The number of nitrogens with one attached hydrogen (secondary N) is 1. The number of nitrogens with zero attached hydrogens (tertiary/aromatic N) is 1. The van der Waals surface area contributed by atoms with E-state index in [4.69, 9.17) is 11.6 Å². The molecule has 1 rings (SSSR count). The van der Waals surface area contributed by atoms with Crippen molar-refractivity contribution >= 4 is 29.5 Å². The van der Waals surface area contributed by atoms with Gasteiger partial charge in [0.05, 0.1) is 17.3 Å². The van der Waals surface area contributed by atoms with Crippen molar-refractivity contribution in [1.29, 1.82) is 0 Å². The number of hydrogen-bond acceptors (Lipinski definition) is 3. The van der Waals surface area contributed by atoms with E-state index in [0.717, 1.165) is 6.29 Å². The van der Waals surface area contributed by atoms with Crippen LogP contribution < -0.4 is 10.2 Å². The van der Waals surface area contributed by atoms with Gasteiger partial charge in [-0.05, 0) is 32.9 Å². The minimum Gasteiger partial charge on any atom is -0.361 e. The highest BCUT2D eigenvalue weighted by atomic mass is 35.5. The molecule has 0 saturated carbocycles. The number of halogens is 1. The van der Waals surface area contributed by atoms with Crippen molar-refractivity contribution in [3.05, 3.63) is 28.8 Å². The molecular formula is C14H19ClN2O2. The zero-order chi connectivity index (χ0) is 14.4. The molecule has 1 aromatic rings. The van der Waals surface area contributed by atoms with Gasteiger partial charge in [0.15, 0.2) is 6.29 Å². The Labute approximate surface area is 118 Å². The van der Waals surface area contributed by atoms with Crippen LogP contribution in [-0.4, -0.2) is 31.3 Å². The number of likely N-dealkylation sites (N-methyl/N-ethyl adjacent to an activating group) is 1. The molecule has 0 aromatic heterocycles. The van der Waals surface area contributed by atoms with Crippen molar-refractivity contribution in [2.75, 3.05) is 18.0 Å². The SMILES string of the molecule is CCN(CC(=O)NC(C)C)c1c(Cl)cccc1C=O. The van der Waals surface area contributed by atoms with Gasteiger partial charge < -0.3 is 10.2 Å². The minimum absolute atomic E-state index is 0.0861. The Hall–Kier alpha value is -1.55. The Kier molecular flexibility index (Phi) is 5.83. The molecule has 0 bridgehead atoms. The number of carbonyl (C=O) groups excluding carboxylic acids is 2. The predicted octanol–water partition coefficient (Wildman–Crippen LogP) is 2.50. The summed E-state index contributed by atoms with van der Waals surface area (Å²) in [6, 6.07) is 5.21. The fraction of sp³-hybridized carbons (Fsp3) is 0.429. The molecule has 0 aliphatic carbocycles. The second-order valence-corrected chi connectivity index (χ2v) is 4.94. The molecule has 104 valence electrons. The lowest BCUT2D eigenvalue weighted by Crippen LogP contribution is -2.40. The van der Waals surface area contributed by atoms with Crippen LogP contribution in [0.1, 0.15) is 31.1 Å². The first-order valence-electron chi connectivity index (χ1n) is 6.27. The molecule has 0 aliphatic heterocycles. The second kappa shape index (κ2) is 7.14. The molecule has 1 amide bonds. The van der Waals surface area contributed by atoms with Crippen LogP contribution in [0.15, 0.2) is 18.2 Å². The van der Waals surface area contributed by atoms with Crippen molar-refractivity contribution in [3.63, 3.8) is 0 Å². The van der Waals surface area contributed by atoms with E-state index < -0.39 is 0 Å². The molecule has 0 unspecified atom stereocenters. The Morgan fingerprint density at radius 1 is 1.47 bits per heavy atom. The molecule has 0 spiro atoms. The molecule has 4 nitrogen and oxygen atoms in total. The van der Waals surface area contributed by atoms with Gasteiger partial charge in [-0.1, -0.05) is 17.7 Å². The lowest BCUT2D eigenvalue weighted by Gasteiger charge is -2.25. The summed E-state index contributed by atoms with van der Waals surface area (Å²) in [5.41, 5.74) is 1.10. The normalized spacial score (nSPS) is 10.4. The molecule has 0 aliphatic rings. The van der Waals surface area contributed by atoms with E-state index in [1.807, 2.05) is 20.8 Å². The third-order valence-corrected chi connectivity index (χ3v) is 2.93. The smallest absolute Gasteiger partial charge is 0.239 e. The van der Waals surface area contributed by atoms with E-state index in [1.165, 1.54) is 0 Å². The van der Waals surface area contributed by atoms with Gasteiger partial charge in [0, 0.05) is 18.2 Å². The van der Waals surface area contributed by atoms with E-state index in [2.05, 4.69) is 5.32 Å². The third kappa shape index (κ3) is 4.24. The number of aldehydes is 1. The summed E-state index contributed by atoms with van der Waals surface area (Å²) < 4.78 is 0. The second-order valence-electron chi connectivity index (χ2n) is 4.53. The number of benzene rings is 1. The lowest BCUT2D eigenvalue weighted by molar-refractivity contribution is -0.120. The largest absolute Gasteiger partial charge is 0.361 e. The predicted molar refractivity (Wildman–Crippen MR) is 78.0 cm³/mol. The Morgan fingerprint density at radius 3 is 2.68 bits per heavy atom. The average Bonchev–Trinajstić information content (AvgIpc) is 2.35. The standard InChI is InChI=1S/C14H19ClN2O2/c1-4-17(8-13(19)16-10(2)3)14-11(9-18)6-5-7-12(14)15/h5-7,9-10H,4,8H2,1-3H3,(H,16,19). The van der Waals surface area contributed by atoms with Crippen LogP contribution >= 0.6 is 11.6 Å². The maximum absolute atomic E-state index is 11.8. The summed E-state index contributed by atoms with van der Waals surface area (Å²) in [5.74, 6) is -0.0892. The summed E-state index contributed by atoms with van der Waals surface area (Å²) in [6.45, 7) is 6.50. The van der Waals surface area contributed by atoms with Gasteiger partial charge in [-0.2, -0.15) is 0 Å². The number of hydrogen-bond donors (Lipinski definition) is 1. The average molecular weight is 283 g/mol. The molecule has 1 aromatic carbocycles.